The van der Waals surface area contributed by atoms with Crippen molar-refractivity contribution in [3.05, 3.63) is 34.8 Å². The van der Waals surface area contributed by atoms with E-state index in [1.165, 1.54) is 5.56 Å². The van der Waals surface area contributed by atoms with Crippen LogP contribution in [0.5, 0.6) is 0 Å². The van der Waals surface area contributed by atoms with Gasteiger partial charge in [0.2, 0.25) is 0 Å². The van der Waals surface area contributed by atoms with Crippen molar-refractivity contribution in [3.63, 3.8) is 0 Å². The van der Waals surface area contributed by atoms with Crippen LogP contribution in [0.1, 0.15) is 29.4 Å². The molecule has 0 spiro atoms. The maximum absolute atomic E-state index is 5.50. The Labute approximate surface area is 106 Å². The largest absolute Gasteiger partial charge is 0.461 e. The Balaban J connectivity index is 2.14. The van der Waals surface area contributed by atoms with Gasteiger partial charge in [0.05, 0.1) is 12.0 Å². The van der Waals surface area contributed by atoms with E-state index in [9.17, 15) is 0 Å². The number of nitrogens with one attached hydrogen (secondary N) is 1. The lowest BCUT2D eigenvalue weighted by molar-refractivity contribution is 0.569. The molecule has 0 saturated heterocycles. The van der Waals surface area contributed by atoms with Gasteiger partial charge >= 0.3 is 0 Å². The van der Waals surface area contributed by atoms with Gasteiger partial charge in [-0.3, -0.25) is 0 Å². The summed E-state index contributed by atoms with van der Waals surface area (Å²) >= 11 is 0. The van der Waals surface area contributed by atoms with Gasteiger partial charge in [-0.2, -0.15) is 0 Å². The van der Waals surface area contributed by atoms with Crippen LogP contribution in [0.4, 0.5) is 0 Å². The monoisotopic (exact) mass is 243 g/mol. The van der Waals surface area contributed by atoms with E-state index in [1.807, 2.05) is 13.0 Å². The molecule has 0 bridgehead atoms. The minimum Gasteiger partial charge on any atom is -0.461 e. The molecule has 4 heteroatoms. The van der Waals surface area contributed by atoms with Crippen LogP contribution in [0.25, 0.3) is 11.6 Å². The molecule has 3 heterocycles. The Morgan fingerprint density at radius 3 is 3.00 bits per heavy atom. The summed E-state index contributed by atoms with van der Waals surface area (Å²) in [4.78, 5) is 9.33. The summed E-state index contributed by atoms with van der Waals surface area (Å²) in [5.74, 6) is 1.51. The van der Waals surface area contributed by atoms with Crippen molar-refractivity contribution in [2.45, 2.75) is 33.2 Å². The molecule has 1 aliphatic heterocycles. The molecule has 0 amide bonds. The average molecular weight is 243 g/mol. The third-order valence-corrected chi connectivity index (χ3v) is 3.42. The summed E-state index contributed by atoms with van der Waals surface area (Å²) < 4.78 is 5.50. The Morgan fingerprint density at radius 1 is 1.39 bits per heavy atom. The van der Waals surface area contributed by atoms with Crippen molar-refractivity contribution in [2.75, 3.05) is 6.54 Å². The van der Waals surface area contributed by atoms with Gasteiger partial charge < -0.3 is 9.73 Å². The van der Waals surface area contributed by atoms with Crippen LogP contribution in [0, 0.1) is 6.92 Å². The Bertz CT molecular complexity index is 557. The molecule has 94 valence electrons. The van der Waals surface area contributed by atoms with Gasteiger partial charge in [0.1, 0.15) is 0 Å². The molecule has 3 rings (SSSR count). The molecule has 0 saturated carbocycles. The molecule has 2 aromatic rings. The molecule has 0 radical (unpaired) electrons. The lowest BCUT2D eigenvalue weighted by Crippen LogP contribution is -2.26. The van der Waals surface area contributed by atoms with Gasteiger partial charge in [-0.15, -0.1) is 0 Å². The first kappa shape index (κ1) is 11.4. The predicted molar refractivity (Wildman–Crippen MR) is 69.3 cm³/mol. The quantitative estimate of drug-likeness (QED) is 0.879. The number of furan rings is 1. The maximum Gasteiger partial charge on any atom is 0.196 e. The molecule has 0 aromatic carbocycles. The standard InChI is InChI=1S/C14H17N3O/c1-3-11-10-4-6-15-8-12(10)17-14(16-11)13-9(2)5-7-18-13/h5,7,15H,3-4,6,8H2,1-2H3. The van der Waals surface area contributed by atoms with Crippen LogP contribution in [-0.2, 0) is 19.4 Å². The van der Waals surface area contributed by atoms with Crippen molar-refractivity contribution in [1.29, 1.82) is 0 Å². The van der Waals surface area contributed by atoms with Gasteiger partial charge in [-0.1, -0.05) is 6.92 Å². The highest BCUT2D eigenvalue weighted by molar-refractivity contribution is 5.53. The number of nitrogens with zero attached hydrogens (tertiary/aromatic N) is 2. The van der Waals surface area contributed by atoms with Crippen LogP contribution in [0.2, 0.25) is 0 Å². The molecule has 0 unspecified atom stereocenters. The van der Waals surface area contributed by atoms with E-state index in [1.54, 1.807) is 6.26 Å². The van der Waals surface area contributed by atoms with Crippen LogP contribution in [0.15, 0.2) is 16.7 Å². The second-order valence-corrected chi connectivity index (χ2v) is 4.63. The fourth-order valence-electron chi connectivity index (χ4n) is 2.43. The van der Waals surface area contributed by atoms with E-state index in [0.29, 0.717) is 0 Å². The lowest BCUT2D eigenvalue weighted by Gasteiger charge is -2.19. The lowest BCUT2D eigenvalue weighted by atomic mass is 10.0. The van der Waals surface area contributed by atoms with E-state index in [0.717, 1.165) is 54.5 Å². The number of aryl methyl sites for hydroxylation is 2. The Hall–Kier alpha value is -1.68. The second kappa shape index (κ2) is 4.53. The van der Waals surface area contributed by atoms with E-state index in [4.69, 9.17) is 4.42 Å². The number of hydrogen-bond donors (Lipinski definition) is 1. The first-order valence-corrected chi connectivity index (χ1v) is 6.43. The summed E-state index contributed by atoms with van der Waals surface area (Å²) in [7, 11) is 0. The summed E-state index contributed by atoms with van der Waals surface area (Å²) in [6, 6.07) is 1.95. The predicted octanol–water partition coefficient (Wildman–Crippen LogP) is 2.25. The van der Waals surface area contributed by atoms with Gasteiger partial charge in [-0.25, -0.2) is 9.97 Å². The number of aromatic nitrogens is 2. The zero-order valence-corrected chi connectivity index (χ0v) is 10.8. The second-order valence-electron chi connectivity index (χ2n) is 4.63. The third-order valence-electron chi connectivity index (χ3n) is 3.42. The normalized spacial score (nSPS) is 14.6. The van der Waals surface area contributed by atoms with Gasteiger partial charge in [0.25, 0.3) is 0 Å². The fourth-order valence-corrected chi connectivity index (χ4v) is 2.43. The Kier molecular flexibility index (Phi) is 2.88. The van der Waals surface area contributed by atoms with E-state index < -0.39 is 0 Å². The molecule has 4 nitrogen and oxygen atoms in total. The molecule has 1 aliphatic rings. The first-order chi connectivity index (χ1) is 8.79. The van der Waals surface area contributed by atoms with Crippen molar-refractivity contribution < 1.29 is 4.42 Å². The third kappa shape index (κ3) is 1.82. The molecule has 0 fully saturated rings. The van der Waals surface area contributed by atoms with Crippen molar-refractivity contribution in [1.82, 2.24) is 15.3 Å². The molecule has 18 heavy (non-hydrogen) atoms. The number of fused-ring (bicyclic) bond motifs is 1. The molecular weight excluding hydrogens is 226 g/mol. The molecule has 0 atom stereocenters. The number of hydrogen-bond acceptors (Lipinski definition) is 4. The maximum atomic E-state index is 5.50. The average Bonchev–Trinajstić information content (AvgIpc) is 2.83. The minimum absolute atomic E-state index is 0.719. The van der Waals surface area contributed by atoms with Crippen molar-refractivity contribution >= 4 is 0 Å². The van der Waals surface area contributed by atoms with Gasteiger partial charge in [-0.05, 0) is 43.5 Å². The highest BCUT2D eigenvalue weighted by Crippen LogP contribution is 2.24. The van der Waals surface area contributed by atoms with Crippen LogP contribution < -0.4 is 5.32 Å². The van der Waals surface area contributed by atoms with Gasteiger partial charge in [0.15, 0.2) is 11.6 Å². The highest BCUT2D eigenvalue weighted by atomic mass is 16.3. The van der Waals surface area contributed by atoms with E-state index >= 15 is 0 Å². The fraction of sp³-hybridized carbons (Fsp3) is 0.429. The zero-order chi connectivity index (χ0) is 12.5. The molecule has 0 aliphatic carbocycles. The van der Waals surface area contributed by atoms with Gasteiger partial charge in [0, 0.05) is 12.2 Å². The first-order valence-electron chi connectivity index (χ1n) is 6.43. The van der Waals surface area contributed by atoms with Crippen LogP contribution in [-0.4, -0.2) is 16.5 Å². The molecular formula is C14H17N3O. The van der Waals surface area contributed by atoms with Crippen molar-refractivity contribution in [3.8, 4) is 11.6 Å². The smallest absolute Gasteiger partial charge is 0.196 e. The summed E-state index contributed by atoms with van der Waals surface area (Å²) in [5.41, 5.74) is 4.69. The summed E-state index contributed by atoms with van der Waals surface area (Å²) in [5, 5.41) is 3.36. The van der Waals surface area contributed by atoms with E-state index in [2.05, 4.69) is 22.2 Å². The Morgan fingerprint density at radius 2 is 2.28 bits per heavy atom. The number of rotatable bonds is 2. The van der Waals surface area contributed by atoms with Crippen LogP contribution in [0.3, 0.4) is 0 Å². The van der Waals surface area contributed by atoms with Crippen LogP contribution >= 0.6 is 0 Å². The molecule has 1 N–H and O–H groups in total. The van der Waals surface area contributed by atoms with Crippen molar-refractivity contribution in [2.24, 2.45) is 0 Å². The highest BCUT2D eigenvalue weighted by Gasteiger charge is 2.18. The SMILES string of the molecule is CCc1nc(-c2occc2C)nc2c1CCNC2. The summed E-state index contributed by atoms with van der Waals surface area (Å²) in [6.07, 6.45) is 3.66. The summed E-state index contributed by atoms with van der Waals surface area (Å²) in [6.45, 7) is 6.01. The molecule has 2 aromatic heterocycles. The van der Waals surface area contributed by atoms with E-state index in [-0.39, 0.29) is 0 Å². The minimum atomic E-state index is 0.719. The zero-order valence-electron chi connectivity index (χ0n) is 10.8. The topological polar surface area (TPSA) is 51.0 Å².